The molecule has 1 aliphatic heterocycles. The van der Waals surface area contributed by atoms with Gasteiger partial charge in [0.15, 0.2) is 5.76 Å². The maximum Gasteiger partial charge on any atom is 0.322 e. The van der Waals surface area contributed by atoms with Crippen molar-refractivity contribution in [3.63, 3.8) is 0 Å². The lowest BCUT2D eigenvalue weighted by atomic mass is 10.2. The molecule has 1 saturated heterocycles. The van der Waals surface area contributed by atoms with Gasteiger partial charge >= 0.3 is 6.03 Å². The molecule has 1 fully saturated rings. The van der Waals surface area contributed by atoms with E-state index in [1.54, 1.807) is 25.2 Å². The second-order valence-electron chi connectivity index (χ2n) is 5.13. The predicted molar refractivity (Wildman–Crippen MR) is 75.8 cm³/mol. The lowest BCUT2D eigenvalue weighted by Crippen LogP contribution is -2.37. The normalized spacial score (nSPS) is 17.0. The maximum atomic E-state index is 12.1. The Labute approximate surface area is 130 Å². The number of rotatable bonds is 5. The number of hydrogen-bond donors (Lipinski definition) is 2. The van der Waals surface area contributed by atoms with Crippen molar-refractivity contribution in [2.45, 2.75) is 19.0 Å². The summed E-state index contributed by atoms with van der Waals surface area (Å²) in [5.74, 6) is 0.213. The molecule has 4 amide bonds. The van der Waals surface area contributed by atoms with E-state index in [0.717, 1.165) is 0 Å². The summed E-state index contributed by atoms with van der Waals surface area (Å²) >= 11 is 0. The van der Waals surface area contributed by atoms with Gasteiger partial charge in [-0.05, 0) is 12.1 Å². The summed E-state index contributed by atoms with van der Waals surface area (Å²) in [4.78, 5) is 36.0. The van der Waals surface area contributed by atoms with Gasteiger partial charge in [-0.2, -0.15) is 0 Å². The van der Waals surface area contributed by atoms with Crippen LogP contribution in [0.25, 0.3) is 11.5 Å². The Morgan fingerprint density at radius 3 is 2.87 bits per heavy atom. The Morgan fingerprint density at radius 2 is 2.22 bits per heavy atom. The third-order valence-corrected chi connectivity index (χ3v) is 3.39. The van der Waals surface area contributed by atoms with E-state index in [-0.39, 0.29) is 18.9 Å². The van der Waals surface area contributed by atoms with Gasteiger partial charge < -0.3 is 19.2 Å². The summed E-state index contributed by atoms with van der Waals surface area (Å²) in [6.07, 6.45) is 1.41. The lowest BCUT2D eigenvalue weighted by Gasteiger charge is -2.17. The van der Waals surface area contributed by atoms with Gasteiger partial charge in [-0.15, -0.1) is 0 Å². The molecule has 9 heteroatoms. The van der Waals surface area contributed by atoms with E-state index in [4.69, 9.17) is 8.94 Å². The van der Waals surface area contributed by atoms with Gasteiger partial charge in [0.2, 0.25) is 11.7 Å². The SMILES string of the molecule is CN(Cc1cc(-c2ccco2)on1)C(=O)C[C@H]1NC(=O)NC1=O. The first kappa shape index (κ1) is 14.8. The van der Waals surface area contributed by atoms with Crippen LogP contribution in [0.1, 0.15) is 12.1 Å². The van der Waals surface area contributed by atoms with Gasteiger partial charge in [0.25, 0.3) is 5.91 Å². The van der Waals surface area contributed by atoms with Crippen LogP contribution >= 0.6 is 0 Å². The highest BCUT2D eigenvalue weighted by atomic mass is 16.5. The fourth-order valence-electron chi connectivity index (χ4n) is 2.19. The minimum Gasteiger partial charge on any atom is -0.461 e. The fourth-order valence-corrected chi connectivity index (χ4v) is 2.19. The number of imide groups is 1. The van der Waals surface area contributed by atoms with Crippen LogP contribution < -0.4 is 10.6 Å². The van der Waals surface area contributed by atoms with E-state index in [1.165, 1.54) is 11.2 Å². The molecule has 0 bridgehead atoms. The van der Waals surface area contributed by atoms with Crippen LogP contribution in [-0.4, -0.2) is 41.0 Å². The first-order valence-electron chi connectivity index (χ1n) is 6.87. The summed E-state index contributed by atoms with van der Waals surface area (Å²) in [5, 5.41) is 8.34. The number of aromatic nitrogens is 1. The zero-order valence-electron chi connectivity index (χ0n) is 12.2. The first-order chi connectivity index (χ1) is 11.0. The standard InChI is InChI=1S/C14H14N4O5/c1-18(12(19)6-9-13(20)16-14(21)15-9)7-8-5-11(23-17-8)10-3-2-4-22-10/h2-5,9H,6-7H2,1H3,(H2,15,16,20,21)/t9-/m1/s1. The largest absolute Gasteiger partial charge is 0.461 e. The third-order valence-electron chi connectivity index (χ3n) is 3.39. The smallest absolute Gasteiger partial charge is 0.322 e. The van der Waals surface area contributed by atoms with Crippen LogP contribution in [0, 0.1) is 0 Å². The fraction of sp³-hybridized carbons (Fsp3) is 0.286. The van der Waals surface area contributed by atoms with Crippen molar-refractivity contribution >= 4 is 17.8 Å². The topological polar surface area (TPSA) is 118 Å². The number of carbonyl (C=O) groups is 3. The summed E-state index contributed by atoms with van der Waals surface area (Å²) in [6, 6.07) is 3.71. The number of hydrogen-bond acceptors (Lipinski definition) is 6. The average molecular weight is 318 g/mol. The molecule has 2 aromatic heterocycles. The van der Waals surface area contributed by atoms with Crippen molar-refractivity contribution in [3.8, 4) is 11.5 Å². The Bertz CT molecular complexity index is 736. The highest BCUT2D eigenvalue weighted by molar-refractivity contribution is 6.05. The van der Waals surface area contributed by atoms with E-state index < -0.39 is 18.0 Å². The number of nitrogens with zero attached hydrogens (tertiary/aromatic N) is 2. The summed E-state index contributed by atoms with van der Waals surface area (Å²) in [6.45, 7) is 0.214. The van der Waals surface area contributed by atoms with Crippen molar-refractivity contribution < 1.29 is 23.3 Å². The number of carbonyl (C=O) groups excluding carboxylic acids is 3. The zero-order valence-corrected chi connectivity index (χ0v) is 12.2. The van der Waals surface area contributed by atoms with Crippen molar-refractivity contribution in [2.75, 3.05) is 7.05 Å². The minimum atomic E-state index is -0.839. The molecule has 23 heavy (non-hydrogen) atoms. The highest BCUT2D eigenvalue weighted by Crippen LogP contribution is 2.21. The molecule has 0 saturated carbocycles. The van der Waals surface area contributed by atoms with E-state index in [2.05, 4.69) is 15.8 Å². The van der Waals surface area contributed by atoms with Gasteiger partial charge in [-0.1, -0.05) is 5.16 Å². The third kappa shape index (κ3) is 3.23. The monoisotopic (exact) mass is 318 g/mol. The number of furan rings is 1. The maximum absolute atomic E-state index is 12.1. The van der Waals surface area contributed by atoms with Crippen LogP contribution in [0.5, 0.6) is 0 Å². The van der Waals surface area contributed by atoms with Crippen molar-refractivity contribution in [2.24, 2.45) is 0 Å². The minimum absolute atomic E-state index is 0.114. The summed E-state index contributed by atoms with van der Waals surface area (Å²) in [7, 11) is 1.58. The quantitative estimate of drug-likeness (QED) is 0.775. The molecular formula is C14H14N4O5. The molecule has 0 aromatic carbocycles. The molecule has 1 atom stereocenters. The molecule has 3 heterocycles. The van der Waals surface area contributed by atoms with E-state index in [9.17, 15) is 14.4 Å². The Kier molecular flexibility index (Phi) is 3.83. The zero-order chi connectivity index (χ0) is 16.4. The van der Waals surface area contributed by atoms with Crippen LogP contribution in [-0.2, 0) is 16.1 Å². The van der Waals surface area contributed by atoms with Crippen molar-refractivity contribution in [3.05, 3.63) is 30.2 Å². The lowest BCUT2D eigenvalue weighted by molar-refractivity contribution is -0.133. The predicted octanol–water partition coefficient (Wildman–Crippen LogP) is 0.491. The molecule has 0 aliphatic carbocycles. The van der Waals surface area contributed by atoms with Gasteiger partial charge in [0, 0.05) is 13.1 Å². The van der Waals surface area contributed by atoms with E-state index in [1.807, 2.05) is 0 Å². The highest BCUT2D eigenvalue weighted by Gasteiger charge is 2.32. The van der Waals surface area contributed by atoms with Gasteiger partial charge in [0.05, 0.1) is 19.2 Å². The molecule has 0 spiro atoms. The molecule has 3 rings (SSSR count). The van der Waals surface area contributed by atoms with Gasteiger partial charge in [0.1, 0.15) is 11.7 Å². The molecule has 0 radical (unpaired) electrons. The van der Waals surface area contributed by atoms with Crippen LogP contribution in [0.15, 0.2) is 33.4 Å². The number of urea groups is 1. The molecular weight excluding hydrogens is 304 g/mol. The molecule has 120 valence electrons. The molecule has 0 unspecified atom stereocenters. The Morgan fingerprint density at radius 1 is 1.39 bits per heavy atom. The average Bonchev–Trinajstić information content (AvgIpc) is 3.21. The Balaban J connectivity index is 1.58. The number of amides is 4. The van der Waals surface area contributed by atoms with Crippen molar-refractivity contribution in [1.29, 1.82) is 0 Å². The second-order valence-corrected chi connectivity index (χ2v) is 5.13. The van der Waals surface area contributed by atoms with Crippen LogP contribution in [0.2, 0.25) is 0 Å². The molecule has 2 N–H and O–H groups in total. The second kappa shape index (κ2) is 5.95. The van der Waals surface area contributed by atoms with E-state index >= 15 is 0 Å². The first-order valence-corrected chi connectivity index (χ1v) is 6.87. The summed E-state index contributed by atoms with van der Waals surface area (Å²) in [5.41, 5.74) is 0.548. The van der Waals surface area contributed by atoms with Crippen molar-refractivity contribution in [1.82, 2.24) is 20.7 Å². The van der Waals surface area contributed by atoms with Crippen LogP contribution in [0.3, 0.4) is 0 Å². The summed E-state index contributed by atoms with van der Waals surface area (Å²) < 4.78 is 10.3. The molecule has 2 aromatic rings. The molecule has 9 nitrogen and oxygen atoms in total. The molecule has 1 aliphatic rings. The van der Waals surface area contributed by atoms with Gasteiger partial charge in [-0.3, -0.25) is 14.9 Å². The number of nitrogens with one attached hydrogen (secondary N) is 2. The van der Waals surface area contributed by atoms with E-state index in [0.29, 0.717) is 17.2 Å². The Hall–Kier alpha value is -3.10. The van der Waals surface area contributed by atoms with Gasteiger partial charge in [-0.25, -0.2) is 4.79 Å². The van der Waals surface area contributed by atoms with Crippen LogP contribution in [0.4, 0.5) is 4.79 Å².